The summed E-state index contributed by atoms with van der Waals surface area (Å²) >= 11 is 0. The molecule has 1 heteroatoms. The summed E-state index contributed by atoms with van der Waals surface area (Å²) < 4.78 is 0. The van der Waals surface area contributed by atoms with Gasteiger partial charge in [0.05, 0.1) is 0 Å². The molecule has 10 heavy (non-hydrogen) atoms. The van der Waals surface area contributed by atoms with Gasteiger partial charge in [-0.25, -0.2) is 0 Å². The van der Waals surface area contributed by atoms with Crippen LogP contribution in [0.15, 0.2) is 11.6 Å². The van der Waals surface area contributed by atoms with Gasteiger partial charge in [0.1, 0.15) is 0 Å². The Morgan fingerprint density at radius 2 is 2.50 bits per heavy atom. The fourth-order valence-corrected chi connectivity index (χ4v) is 1.47. The highest BCUT2D eigenvalue weighted by molar-refractivity contribution is 5.06. The van der Waals surface area contributed by atoms with Gasteiger partial charge in [-0.3, -0.25) is 0 Å². The number of allylic oxidation sites excluding steroid dienone is 1. The Morgan fingerprint density at radius 1 is 1.70 bits per heavy atom. The normalized spacial score (nSPS) is 26.2. The smallest absolute Gasteiger partial charge is 0.0102 e. The number of hydrogen-bond donors (Lipinski definition) is 1. The Kier molecular flexibility index (Phi) is 2.94. The first-order chi connectivity index (χ1) is 4.86. The predicted molar refractivity (Wildman–Crippen MR) is 45.1 cm³/mol. The van der Waals surface area contributed by atoms with Gasteiger partial charge in [0.15, 0.2) is 0 Å². The second-order valence-corrected chi connectivity index (χ2v) is 2.98. The highest BCUT2D eigenvalue weighted by atomic mass is 14.9. The molecule has 0 radical (unpaired) electrons. The van der Waals surface area contributed by atoms with Crippen molar-refractivity contribution in [2.45, 2.75) is 38.6 Å². The van der Waals surface area contributed by atoms with E-state index in [1.165, 1.54) is 25.7 Å². The third-order valence-corrected chi connectivity index (χ3v) is 2.37. The zero-order valence-electron chi connectivity index (χ0n) is 6.98. The molecule has 0 aromatic carbocycles. The minimum absolute atomic E-state index is 0.746. The van der Waals surface area contributed by atoms with E-state index >= 15 is 0 Å². The van der Waals surface area contributed by atoms with E-state index in [9.17, 15) is 0 Å². The molecule has 0 amide bonds. The maximum absolute atomic E-state index is 3.30. The van der Waals surface area contributed by atoms with Gasteiger partial charge in [-0.2, -0.15) is 0 Å². The minimum Gasteiger partial charge on any atom is -0.317 e. The molecule has 0 bridgehead atoms. The largest absolute Gasteiger partial charge is 0.317 e. The summed E-state index contributed by atoms with van der Waals surface area (Å²) in [6.45, 7) is 2.24. The first-order valence-corrected chi connectivity index (χ1v) is 4.22. The van der Waals surface area contributed by atoms with Crippen LogP contribution < -0.4 is 5.32 Å². The van der Waals surface area contributed by atoms with E-state index in [-0.39, 0.29) is 0 Å². The maximum atomic E-state index is 3.30. The molecule has 0 fully saturated rings. The molecular weight excluding hydrogens is 122 g/mol. The van der Waals surface area contributed by atoms with Crippen LogP contribution in [0, 0.1) is 0 Å². The molecule has 0 spiro atoms. The average molecular weight is 139 g/mol. The van der Waals surface area contributed by atoms with Gasteiger partial charge in [0, 0.05) is 6.04 Å². The molecule has 1 nitrogen and oxygen atoms in total. The van der Waals surface area contributed by atoms with Gasteiger partial charge >= 0.3 is 0 Å². The molecule has 58 valence electrons. The Hall–Kier alpha value is -0.300. The van der Waals surface area contributed by atoms with Crippen molar-refractivity contribution in [2.75, 3.05) is 7.05 Å². The summed E-state index contributed by atoms with van der Waals surface area (Å²) in [4.78, 5) is 0. The van der Waals surface area contributed by atoms with Crippen LogP contribution in [-0.4, -0.2) is 13.1 Å². The van der Waals surface area contributed by atoms with Crippen LogP contribution in [0.2, 0.25) is 0 Å². The highest BCUT2D eigenvalue weighted by Gasteiger charge is 2.10. The molecule has 0 heterocycles. The predicted octanol–water partition coefficient (Wildman–Crippen LogP) is 2.09. The van der Waals surface area contributed by atoms with Crippen LogP contribution in [0.3, 0.4) is 0 Å². The van der Waals surface area contributed by atoms with Crippen molar-refractivity contribution in [1.29, 1.82) is 0 Å². The van der Waals surface area contributed by atoms with Crippen molar-refractivity contribution >= 4 is 0 Å². The van der Waals surface area contributed by atoms with E-state index in [0.717, 1.165) is 6.04 Å². The summed E-state index contributed by atoms with van der Waals surface area (Å²) in [5.41, 5.74) is 1.64. The van der Waals surface area contributed by atoms with Crippen LogP contribution in [0.5, 0.6) is 0 Å². The van der Waals surface area contributed by atoms with Crippen LogP contribution in [0.25, 0.3) is 0 Å². The molecule has 0 aromatic rings. The lowest BCUT2D eigenvalue weighted by atomic mass is 9.94. The van der Waals surface area contributed by atoms with Gasteiger partial charge in [0.25, 0.3) is 0 Å². The molecule has 0 saturated heterocycles. The van der Waals surface area contributed by atoms with Crippen molar-refractivity contribution in [3.63, 3.8) is 0 Å². The first-order valence-electron chi connectivity index (χ1n) is 4.22. The number of rotatable bonds is 2. The molecule has 0 saturated carbocycles. The lowest BCUT2D eigenvalue weighted by Crippen LogP contribution is -2.26. The van der Waals surface area contributed by atoms with E-state index in [2.05, 4.69) is 25.4 Å². The summed E-state index contributed by atoms with van der Waals surface area (Å²) in [6, 6.07) is 0.746. The standard InChI is InChI=1S/C9H17N/c1-3-8-4-6-9(10-2)7-5-8/h4,9-10H,3,5-7H2,1-2H3. The van der Waals surface area contributed by atoms with E-state index in [4.69, 9.17) is 0 Å². The summed E-state index contributed by atoms with van der Waals surface area (Å²) in [7, 11) is 2.05. The second kappa shape index (κ2) is 3.77. The molecule has 1 unspecified atom stereocenters. The Labute approximate surface area is 63.5 Å². The van der Waals surface area contributed by atoms with E-state index in [0.29, 0.717) is 0 Å². The van der Waals surface area contributed by atoms with Crippen LogP contribution >= 0.6 is 0 Å². The van der Waals surface area contributed by atoms with Gasteiger partial charge in [-0.1, -0.05) is 18.6 Å². The Bertz CT molecular complexity index is 127. The monoisotopic (exact) mass is 139 g/mol. The number of nitrogens with one attached hydrogen (secondary N) is 1. The van der Waals surface area contributed by atoms with E-state index in [1.54, 1.807) is 5.57 Å². The topological polar surface area (TPSA) is 12.0 Å². The summed E-state index contributed by atoms with van der Waals surface area (Å²) in [5.74, 6) is 0. The van der Waals surface area contributed by atoms with Gasteiger partial charge in [-0.15, -0.1) is 0 Å². The fraction of sp³-hybridized carbons (Fsp3) is 0.778. The van der Waals surface area contributed by atoms with E-state index < -0.39 is 0 Å². The SMILES string of the molecule is CCC1=CCC(NC)CC1. The highest BCUT2D eigenvalue weighted by Crippen LogP contribution is 2.19. The van der Waals surface area contributed by atoms with Gasteiger partial charge < -0.3 is 5.32 Å². The van der Waals surface area contributed by atoms with Crippen molar-refractivity contribution < 1.29 is 0 Å². The van der Waals surface area contributed by atoms with Crippen LogP contribution in [0.1, 0.15) is 32.6 Å². The third kappa shape index (κ3) is 1.84. The second-order valence-electron chi connectivity index (χ2n) is 2.98. The quantitative estimate of drug-likeness (QED) is 0.578. The first kappa shape index (κ1) is 7.80. The molecular formula is C9H17N. The lowest BCUT2D eigenvalue weighted by Gasteiger charge is -2.20. The van der Waals surface area contributed by atoms with Crippen molar-refractivity contribution in [3.8, 4) is 0 Å². The van der Waals surface area contributed by atoms with E-state index in [1.807, 2.05) is 0 Å². The molecule has 1 atom stereocenters. The zero-order chi connectivity index (χ0) is 7.40. The molecule has 1 N–H and O–H groups in total. The fourth-order valence-electron chi connectivity index (χ4n) is 1.47. The van der Waals surface area contributed by atoms with Crippen LogP contribution in [0.4, 0.5) is 0 Å². The molecule has 1 aliphatic carbocycles. The molecule has 0 aromatic heterocycles. The summed E-state index contributed by atoms with van der Waals surface area (Å²) in [6.07, 6.45) is 7.51. The zero-order valence-corrected chi connectivity index (χ0v) is 6.98. The molecule has 1 aliphatic rings. The Morgan fingerprint density at radius 3 is 2.90 bits per heavy atom. The van der Waals surface area contributed by atoms with Crippen molar-refractivity contribution in [2.24, 2.45) is 0 Å². The lowest BCUT2D eigenvalue weighted by molar-refractivity contribution is 0.502. The third-order valence-electron chi connectivity index (χ3n) is 2.37. The summed E-state index contributed by atoms with van der Waals surface area (Å²) in [5, 5.41) is 3.30. The minimum atomic E-state index is 0.746. The van der Waals surface area contributed by atoms with Crippen molar-refractivity contribution in [1.82, 2.24) is 5.32 Å². The maximum Gasteiger partial charge on any atom is 0.0102 e. The Balaban J connectivity index is 2.36. The number of hydrogen-bond acceptors (Lipinski definition) is 1. The molecule has 0 aliphatic heterocycles. The average Bonchev–Trinajstić information content (AvgIpc) is 2.05. The van der Waals surface area contributed by atoms with Crippen LogP contribution in [-0.2, 0) is 0 Å². The van der Waals surface area contributed by atoms with Crippen molar-refractivity contribution in [3.05, 3.63) is 11.6 Å². The molecule has 1 rings (SSSR count). The van der Waals surface area contributed by atoms with Gasteiger partial charge in [-0.05, 0) is 32.7 Å². The van der Waals surface area contributed by atoms with Gasteiger partial charge in [0.2, 0.25) is 0 Å².